The Morgan fingerprint density at radius 3 is 2.43 bits per heavy atom. The van der Waals surface area contributed by atoms with Crippen LogP contribution in [0.2, 0.25) is 0 Å². The Hall–Kier alpha value is -0.830. The summed E-state index contributed by atoms with van der Waals surface area (Å²) in [7, 11) is -2.13. The predicted octanol–water partition coefficient (Wildman–Crippen LogP) is 2.86. The lowest BCUT2D eigenvalue weighted by Gasteiger charge is -2.15. The minimum atomic E-state index is -3.42. The minimum absolute atomic E-state index is 0.276. The molecule has 0 aliphatic carbocycles. The van der Waals surface area contributed by atoms with Crippen molar-refractivity contribution in [3.05, 3.63) is 30.3 Å². The summed E-state index contributed by atoms with van der Waals surface area (Å²) in [5.74, 6) is 0.464. The van der Waals surface area contributed by atoms with Gasteiger partial charge in [-0.15, -0.1) is 0 Å². The maximum absolute atomic E-state index is 11.7. The molecule has 1 aromatic carbocycles. The number of para-hydroxylation sites is 1. The molecule has 0 saturated heterocycles. The van der Waals surface area contributed by atoms with Crippen molar-refractivity contribution >= 4 is 7.82 Å². The zero-order valence-corrected chi connectivity index (χ0v) is 9.07. The molecule has 0 aromatic heterocycles. The molecule has 4 nitrogen and oxygen atoms in total. The average molecular weight is 216 g/mol. The lowest BCUT2D eigenvalue weighted by atomic mass is 10.3. The minimum Gasteiger partial charge on any atom is -0.404 e. The van der Waals surface area contributed by atoms with Gasteiger partial charge < -0.3 is 4.52 Å². The smallest absolute Gasteiger partial charge is 0.404 e. The van der Waals surface area contributed by atoms with E-state index in [2.05, 4.69) is 0 Å². The van der Waals surface area contributed by atoms with Crippen LogP contribution in [-0.2, 0) is 13.6 Å². The fourth-order valence-electron chi connectivity index (χ4n) is 0.885. The van der Waals surface area contributed by atoms with E-state index in [1.54, 1.807) is 31.2 Å². The van der Waals surface area contributed by atoms with Crippen LogP contribution in [0.15, 0.2) is 30.3 Å². The van der Waals surface area contributed by atoms with Gasteiger partial charge >= 0.3 is 7.82 Å². The molecule has 1 aromatic rings. The first-order chi connectivity index (χ1) is 6.70. The van der Waals surface area contributed by atoms with Gasteiger partial charge in [0.2, 0.25) is 0 Å². The van der Waals surface area contributed by atoms with Crippen molar-refractivity contribution in [2.45, 2.75) is 6.92 Å². The van der Waals surface area contributed by atoms with E-state index >= 15 is 0 Å². The molecule has 0 N–H and O–H groups in total. The predicted molar refractivity (Wildman–Crippen MR) is 53.3 cm³/mol. The van der Waals surface area contributed by atoms with Crippen LogP contribution in [0, 0.1) is 0 Å². The van der Waals surface area contributed by atoms with Crippen molar-refractivity contribution in [1.82, 2.24) is 0 Å². The molecule has 0 radical (unpaired) electrons. The van der Waals surface area contributed by atoms with Gasteiger partial charge in [-0.25, -0.2) is 4.57 Å². The molecule has 0 aliphatic heterocycles. The molecule has 0 fully saturated rings. The Morgan fingerprint density at radius 2 is 1.93 bits per heavy atom. The maximum atomic E-state index is 11.7. The van der Waals surface area contributed by atoms with Crippen molar-refractivity contribution < 1.29 is 18.1 Å². The van der Waals surface area contributed by atoms with Crippen molar-refractivity contribution in [2.24, 2.45) is 0 Å². The van der Waals surface area contributed by atoms with Crippen molar-refractivity contribution in [2.75, 3.05) is 13.7 Å². The first kappa shape index (κ1) is 11.2. The number of hydrogen-bond donors (Lipinski definition) is 0. The van der Waals surface area contributed by atoms with Crippen LogP contribution in [0.5, 0.6) is 5.75 Å². The monoisotopic (exact) mass is 216 g/mol. The van der Waals surface area contributed by atoms with E-state index in [-0.39, 0.29) is 6.61 Å². The second kappa shape index (κ2) is 5.15. The molecule has 0 spiro atoms. The van der Waals surface area contributed by atoms with E-state index < -0.39 is 7.82 Å². The average Bonchev–Trinajstić information content (AvgIpc) is 2.20. The first-order valence-corrected chi connectivity index (χ1v) is 5.71. The number of phosphoric ester groups is 1. The van der Waals surface area contributed by atoms with Gasteiger partial charge in [-0.05, 0) is 19.1 Å². The Balaban J connectivity index is 2.71. The van der Waals surface area contributed by atoms with E-state index in [0.717, 1.165) is 0 Å². The topological polar surface area (TPSA) is 44.8 Å². The van der Waals surface area contributed by atoms with Crippen LogP contribution in [0.25, 0.3) is 0 Å². The molecule has 1 rings (SSSR count). The van der Waals surface area contributed by atoms with Gasteiger partial charge in [0.15, 0.2) is 0 Å². The van der Waals surface area contributed by atoms with E-state index in [9.17, 15) is 4.57 Å². The zero-order valence-electron chi connectivity index (χ0n) is 8.17. The van der Waals surface area contributed by atoms with Gasteiger partial charge in [0, 0.05) is 7.11 Å². The van der Waals surface area contributed by atoms with Crippen LogP contribution in [-0.4, -0.2) is 13.7 Å². The Bertz CT molecular complexity index is 312. The number of hydrogen-bond acceptors (Lipinski definition) is 4. The largest absolute Gasteiger partial charge is 0.529 e. The standard InChI is InChI=1S/C9H13O4P/c1-3-12-14(10,11-2)13-9-7-5-4-6-8-9/h4-8H,3H2,1-2H3/t14-/m0/s1. The highest BCUT2D eigenvalue weighted by Crippen LogP contribution is 2.48. The molecule has 78 valence electrons. The van der Waals surface area contributed by atoms with Crippen LogP contribution in [0.3, 0.4) is 0 Å². The van der Waals surface area contributed by atoms with E-state index in [1.807, 2.05) is 6.07 Å². The molecule has 0 heterocycles. The maximum Gasteiger partial charge on any atom is 0.529 e. The van der Waals surface area contributed by atoms with Gasteiger partial charge in [-0.2, -0.15) is 0 Å². The number of benzene rings is 1. The molecular weight excluding hydrogens is 203 g/mol. The molecule has 0 saturated carbocycles. The van der Waals surface area contributed by atoms with Crippen molar-refractivity contribution in [3.8, 4) is 5.75 Å². The Morgan fingerprint density at radius 1 is 1.29 bits per heavy atom. The quantitative estimate of drug-likeness (QED) is 0.710. The van der Waals surface area contributed by atoms with Crippen LogP contribution in [0.4, 0.5) is 0 Å². The molecule has 0 unspecified atom stereocenters. The van der Waals surface area contributed by atoms with Gasteiger partial charge in [-0.1, -0.05) is 18.2 Å². The highest BCUT2D eigenvalue weighted by atomic mass is 31.2. The molecular formula is C9H13O4P. The molecule has 0 aliphatic rings. The molecule has 5 heteroatoms. The highest BCUT2D eigenvalue weighted by molar-refractivity contribution is 7.48. The van der Waals surface area contributed by atoms with E-state index in [1.165, 1.54) is 7.11 Å². The highest BCUT2D eigenvalue weighted by Gasteiger charge is 2.25. The van der Waals surface area contributed by atoms with Crippen LogP contribution in [0.1, 0.15) is 6.92 Å². The normalized spacial score (nSPS) is 14.7. The second-order valence-corrected chi connectivity index (χ2v) is 4.15. The lowest BCUT2D eigenvalue weighted by molar-refractivity contribution is 0.187. The summed E-state index contributed by atoms with van der Waals surface area (Å²) in [6, 6.07) is 8.77. The Kier molecular flexibility index (Phi) is 4.14. The van der Waals surface area contributed by atoms with Crippen molar-refractivity contribution in [1.29, 1.82) is 0 Å². The lowest BCUT2D eigenvalue weighted by Crippen LogP contribution is -1.99. The summed E-state index contributed by atoms with van der Waals surface area (Å²) in [4.78, 5) is 0. The van der Waals surface area contributed by atoms with Crippen LogP contribution < -0.4 is 4.52 Å². The van der Waals surface area contributed by atoms with Crippen molar-refractivity contribution in [3.63, 3.8) is 0 Å². The number of rotatable bonds is 5. The van der Waals surface area contributed by atoms with Crippen LogP contribution >= 0.6 is 7.82 Å². The fourth-order valence-corrected chi connectivity index (χ4v) is 1.81. The second-order valence-electron chi connectivity index (χ2n) is 2.45. The zero-order chi connectivity index (χ0) is 10.4. The first-order valence-electron chi connectivity index (χ1n) is 4.25. The van der Waals surface area contributed by atoms with E-state index in [4.69, 9.17) is 13.6 Å². The SMILES string of the molecule is CCO[P@](=O)(OC)Oc1ccccc1. The third-order valence-electron chi connectivity index (χ3n) is 1.47. The molecule has 0 bridgehead atoms. The third kappa shape index (κ3) is 3.14. The van der Waals surface area contributed by atoms with Gasteiger partial charge in [0.05, 0.1) is 6.61 Å². The molecule has 14 heavy (non-hydrogen) atoms. The molecule has 0 amide bonds. The summed E-state index contributed by atoms with van der Waals surface area (Å²) in [5.41, 5.74) is 0. The third-order valence-corrected chi connectivity index (χ3v) is 2.93. The van der Waals surface area contributed by atoms with Gasteiger partial charge in [0.1, 0.15) is 5.75 Å². The van der Waals surface area contributed by atoms with E-state index in [0.29, 0.717) is 5.75 Å². The summed E-state index contributed by atoms with van der Waals surface area (Å²) in [5, 5.41) is 0. The summed E-state index contributed by atoms with van der Waals surface area (Å²) >= 11 is 0. The molecule has 1 atom stereocenters. The number of phosphoric acid groups is 1. The summed E-state index contributed by atoms with van der Waals surface area (Å²) in [6.45, 7) is 2.00. The summed E-state index contributed by atoms with van der Waals surface area (Å²) < 4.78 is 26.4. The van der Waals surface area contributed by atoms with Gasteiger partial charge in [0.25, 0.3) is 0 Å². The Labute approximate surface area is 83.4 Å². The van der Waals surface area contributed by atoms with Gasteiger partial charge in [-0.3, -0.25) is 9.05 Å². The fraction of sp³-hybridized carbons (Fsp3) is 0.333. The summed E-state index contributed by atoms with van der Waals surface area (Å²) in [6.07, 6.45) is 0.